The highest BCUT2D eigenvalue weighted by Crippen LogP contribution is 2.33. The van der Waals surface area contributed by atoms with Crippen molar-refractivity contribution in [2.45, 2.75) is 51.4 Å². The maximum absolute atomic E-state index is 13.5. The maximum atomic E-state index is 13.5. The molecule has 13 heteroatoms. The topological polar surface area (TPSA) is 143 Å². The Morgan fingerprint density at radius 1 is 0.780 bits per heavy atom. The number of fused-ring (bicyclic) bond motifs is 1. The number of carbonyl (C=O) groups is 4. The molecule has 1 saturated carbocycles. The van der Waals surface area contributed by atoms with E-state index in [-0.39, 0.29) is 30.0 Å². The second-order valence-electron chi connectivity index (χ2n) is 14.0. The number of unbranched alkanes of at least 4 members (excludes halogenated alkanes) is 3. The molecule has 0 atom stereocenters. The van der Waals surface area contributed by atoms with Crippen molar-refractivity contribution in [3.63, 3.8) is 0 Å². The first-order chi connectivity index (χ1) is 28.8. The molecule has 6 rings (SSSR count). The summed E-state index contributed by atoms with van der Waals surface area (Å²) in [5, 5.41) is 6.79. The number of ether oxygens (including phenoxy) is 5. The second kappa shape index (κ2) is 21.4. The van der Waals surface area contributed by atoms with Crippen LogP contribution in [0.1, 0.15) is 67.3 Å². The summed E-state index contributed by atoms with van der Waals surface area (Å²) < 4.78 is 28.8. The molecule has 5 aromatic rings. The summed E-state index contributed by atoms with van der Waals surface area (Å²) in [6, 6.07) is 28.7. The fraction of sp³-hybridized carbons (Fsp3) is 0.304. The molecule has 4 aromatic carbocycles. The van der Waals surface area contributed by atoms with Crippen molar-refractivity contribution in [1.82, 2.24) is 4.98 Å². The van der Waals surface area contributed by atoms with Crippen LogP contribution >= 0.6 is 11.3 Å². The lowest BCUT2D eigenvalue weighted by atomic mass is 9.82. The number of carbonyl (C=O) groups excluding carboxylic acids is 4. The van der Waals surface area contributed by atoms with Crippen LogP contribution in [0.15, 0.2) is 115 Å². The summed E-state index contributed by atoms with van der Waals surface area (Å²) in [5.41, 5.74) is 1.82. The lowest BCUT2D eigenvalue weighted by Crippen LogP contribution is -2.30. The molecule has 59 heavy (non-hydrogen) atoms. The summed E-state index contributed by atoms with van der Waals surface area (Å²) in [5.74, 6) is -0.0845. The van der Waals surface area contributed by atoms with Gasteiger partial charge in [0.25, 0.3) is 0 Å². The Bertz CT molecular complexity index is 2200. The van der Waals surface area contributed by atoms with E-state index in [2.05, 4.69) is 6.58 Å². The fourth-order valence-electron chi connectivity index (χ4n) is 6.50. The summed E-state index contributed by atoms with van der Waals surface area (Å²) >= 11 is 1.42. The average molecular weight is 818 g/mol. The first kappa shape index (κ1) is 42.3. The normalized spacial score (nSPS) is 15.0. The molecule has 0 aliphatic heterocycles. The van der Waals surface area contributed by atoms with E-state index in [4.69, 9.17) is 33.8 Å². The number of hydrazone groups is 1. The third kappa shape index (κ3) is 12.3. The number of hydrogen-bond acceptors (Lipinski definition) is 13. The fourth-order valence-corrected chi connectivity index (χ4v) is 7.42. The number of esters is 3. The van der Waals surface area contributed by atoms with Gasteiger partial charge in [-0.1, -0.05) is 60.4 Å². The molecular formula is C46H47N3O9S. The first-order valence-corrected chi connectivity index (χ1v) is 20.5. The van der Waals surface area contributed by atoms with E-state index in [1.54, 1.807) is 66.7 Å². The van der Waals surface area contributed by atoms with Crippen molar-refractivity contribution in [3.8, 4) is 23.0 Å². The number of hydrogen-bond donors (Lipinski definition) is 0. The molecule has 0 unspecified atom stereocenters. The molecule has 1 aliphatic rings. The predicted molar refractivity (Wildman–Crippen MR) is 227 cm³/mol. The molecule has 0 N–H and O–H groups in total. The summed E-state index contributed by atoms with van der Waals surface area (Å²) in [6.07, 6.45) is 8.14. The monoisotopic (exact) mass is 817 g/mol. The number of nitrogens with zero attached hydrogens (tertiary/aromatic N) is 3. The Kier molecular flexibility index (Phi) is 15.4. The zero-order valence-electron chi connectivity index (χ0n) is 33.0. The van der Waals surface area contributed by atoms with E-state index in [1.807, 2.05) is 42.5 Å². The summed E-state index contributed by atoms with van der Waals surface area (Å²) in [6.45, 7) is 4.25. The van der Waals surface area contributed by atoms with Gasteiger partial charge in [0.05, 0.1) is 48.6 Å². The Morgan fingerprint density at radius 3 is 2.12 bits per heavy atom. The van der Waals surface area contributed by atoms with Gasteiger partial charge < -0.3 is 23.7 Å². The number of methoxy groups -OCH3 is 1. The maximum Gasteiger partial charge on any atom is 0.330 e. The first-order valence-electron chi connectivity index (χ1n) is 19.7. The Balaban J connectivity index is 1.01. The van der Waals surface area contributed by atoms with Crippen LogP contribution in [-0.4, -0.2) is 61.8 Å². The van der Waals surface area contributed by atoms with Crippen LogP contribution in [0, 0.1) is 11.8 Å². The number of benzene rings is 4. The SMILES string of the molecule is C=CC(=O)OCCCCCCOc1ccc(OC(=O)[C@H]2CC[C@H](C(=O)Oc3ccc(OC)cc3/C=N/N(CC(=O)c3ccccc3)c3nc4ccccc4s3)CC2)cc1. The molecule has 1 fully saturated rings. The molecule has 0 saturated heterocycles. The van der Waals surface area contributed by atoms with E-state index in [1.165, 1.54) is 17.6 Å². The van der Waals surface area contributed by atoms with Gasteiger partial charge >= 0.3 is 17.9 Å². The van der Waals surface area contributed by atoms with E-state index in [9.17, 15) is 19.2 Å². The van der Waals surface area contributed by atoms with E-state index in [0.717, 1.165) is 42.0 Å². The molecule has 0 spiro atoms. The summed E-state index contributed by atoms with van der Waals surface area (Å²) in [4.78, 5) is 55.7. The molecule has 0 radical (unpaired) electrons. The number of anilines is 1. The van der Waals surface area contributed by atoms with Crippen LogP contribution in [0.5, 0.6) is 23.0 Å². The quantitative estimate of drug-likeness (QED) is 0.0141. The highest BCUT2D eigenvalue weighted by atomic mass is 32.1. The van der Waals surface area contributed by atoms with Crippen LogP contribution in [-0.2, 0) is 19.1 Å². The number of thiazole rings is 1. The molecular weight excluding hydrogens is 771 g/mol. The van der Waals surface area contributed by atoms with Gasteiger partial charge in [-0.2, -0.15) is 5.10 Å². The van der Waals surface area contributed by atoms with Gasteiger partial charge in [0.1, 0.15) is 29.5 Å². The minimum atomic E-state index is -0.404. The number of para-hydroxylation sites is 1. The second-order valence-corrected chi connectivity index (χ2v) is 15.0. The molecule has 1 aliphatic carbocycles. The standard InChI is InChI=1S/C46H47N3O9S/c1-3-43(51)56-28-12-5-4-11-27-55-36-21-23-37(24-22-36)57-44(52)33-17-19-34(20-18-33)45(53)58-41-26-25-38(54-2)29-35(41)30-47-49(31-40(50)32-13-7-6-8-14-32)46-48-39-15-9-10-16-42(39)59-46/h3,6-10,13-16,21-26,29-30,33-34H,1,4-5,11-12,17-20,27-28,31H2,2H3/b47-30+/t33-,34-. The van der Waals surface area contributed by atoms with Gasteiger partial charge in [-0.25, -0.2) is 14.8 Å². The largest absolute Gasteiger partial charge is 0.497 e. The molecule has 0 bridgehead atoms. The van der Waals surface area contributed by atoms with Gasteiger partial charge in [0.2, 0.25) is 5.13 Å². The number of Topliss-reactive ketones (excluding diaryl/α,β-unsaturated/α-hetero) is 1. The highest BCUT2D eigenvalue weighted by Gasteiger charge is 2.32. The van der Waals surface area contributed by atoms with Gasteiger partial charge in [-0.15, -0.1) is 0 Å². The van der Waals surface area contributed by atoms with E-state index in [0.29, 0.717) is 72.4 Å². The lowest BCUT2D eigenvalue weighted by Gasteiger charge is -2.26. The van der Waals surface area contributed by atoms with Crippen molar-refractivity contribution in [2.75, 3.05) is 31.9 Å². The van der Waals surface area contributed by atoms with Crippen LogP contribution in [0.25, 0.3) is 10.2 Å². The van der Waals surface area contributed by atoms with Crippen LogP contribution < -0.4 is 24.0 Å². The number of ketones is 1. The van der Waals surface area contributed by atoms with Gasteiger partial charge in [-0.05, 0) is 106 Å². The third-order valence-electron chi connectivity index (χ3n) is 9.81. The third-order valence-corrected chi connectivity index (χ3v) is 10.9. The smallest absolute Gasteiger partial charge is 0.330 e. The summed E-state index contributed by atoms with van der Waals surface area (Å²) in [7, 11) is 1.54. The van der Waals surface area contributed by atoms with E-state index < -0.39 is 17.9 Å². The minimum absolute atomic E-state index is 0.0634. The average Bonchev–Trinajstić information content (AvgIpc) is 3.71. The van der Waals surface area contributed by atoms with Crippen molar-refractivity contribution in [1.29, 1.82) is 0 Å². The molecule has 0 amide bonds. The zero-order chi connectivity index (χ0) is 41.4. The Hall–Kier alpha value is -6.34. The van der Waals surface area contributed by atoms with Gasteiger partial charge in [0, 0.05) is 17.2 Å². The molecule has 306 valence electrons. The van der Waals surface area contributed by atoms with Gasteiger partial charge in [-0.3, -0.25) is 14.4 Å². The number of aromatic nitrogens is 1. The van der Waals surface area contributed by atoms with Crippen LogP contribution in [0.4, 0.5) is 5.13 Å². The predicted octanol–water partition coefficient (Wildman–Crippen LogP) is 9.01. The van der Waals surface area contributed by atoms with Crippen molar-refractivity contribution in [3.05, 3.63) is 121 Å². The van der Waals surface area contributed by atoms with Crippen molar-refractivity contribution in [2.24, 2.45) is 16.9 Å². The van der Waals surface area contributed by atoms with Crippen molar-refractivity contribution >= 4 is 56.6 Å². The van der Waals surface area contributed by atoms with Gasteiger partial charge in [0.15, 0.2) is 5.78 Å². The molecule has 12 nitrogen and oxygen atoms in total. The Labute approximate surface area is 347 Å². The van der Waals surface area contributed by atoms with Crippen LogP contribution in [0.3, 0.4) is 0 Å². The van der Waals surface area contributed by atoms with Crippen LogP contribution in [0.2, 0.25) is 0 Å². The zero-order valence-corrected chi connectivity index (χ0v) is 33.8. The Morgan fingerprint density at radius 2 is 1.42 bits per heavy atom. The minimum Gasteiger partial charge on any atom is -0.497 e. The van der Waals surface area contributed by atoms with E-state index >= 15 is 0 Å². The lowest BCUT2D eigenvalue weighted by molar-refractivity contribution is -0.145. The molecule has 1 heterocycles. The number of rotatable bonds is 20. The van der Waals surface area contributed by atoms with Crippen molar-refractivity contribution < 1.29 is 42.9 Å². The molecule has 1 aromatic heterocycles. The highest BCUT2D eigenvalue weighted by molar-refractivity contribution is 7.22.